The van der Waals surface area contributed by atoms with E-state index in [1.807, 2.05) is 0 Å². The van der Waals surface area contributed by atoms with Crippen LogP contribution in [-0.4, -0.2) is 20.6 Å². The molecule has 0 radical (unpaired) electrons. The van der Waals surface area contributed by atoms with Crippen LogP contribution in [0.4, 0.5) is 15.8 Å². The van der Waals surface area contributed by atoms with E-state index in [0.29, 0.717) is 0 Å². The van der Waals surface area contributed by atoms with Crippen molar-refractivity contribution in [2.24, 2.45) is 0 Å². The van der Waals surface area contributed by atoms with Gasteiger partial charge in [0.05, 0.1) is 17.6 Å². The van der Waals surface area contributed by atoms with Crippen LogP contribution in [0.15, 0.2) is 18.2 Å². The van der Waals surface area contributed by atoms with Crippen molar-refractivity contribution in [3.8, 4) is 0 Å². The van der Waals surface area contributed by atoms with E-state index in [9.17, 15) is 17.6 Å². The van der Waals surface area contributed by atoms with E-state index in [-0.39, 0.29) is 17.3 Å². The zero-order valence-corrected chi connectivity index (χ0v) is 9.56. The maximum atomic E-state index is 12.9. The second kappa shape index (κ2) is 4.48. The van der Waals surface area contributed by atoms with Crippen LogP contribution < -0.4 is 10.0 Å². The highest BCUT2D eigenvalue weighted by atomic mass is 32.2. The monoisotopic (exact) mass is 246 g/mol. The Morgan fingerprint density at radius 1 is 1.31 bits per heavy atom. The van der Waals surface area contributed by atoms with Gasteiger partial charge in [0.15, 0.2) is 0 Å². The molecular formula is C9H11FN2O3S. The van der Waals surface area contributed by atoms with Gasteiger partial charge in [0, 0.05) is 13.0 Å². The Morgan fingerprint density at radius 2 is 1.94 bits per heavy atom. The third-order valence-corrected chi connectivity index (χ3v) is 2.18. The van der Waals surface area contributed by atoms with Gasteiger partial charge in [-0.3, -0.25) is 9.52 Å². The summed E-state index contributed by atoms with van der Waals surface area (Å²) in [5.74, 6) is -0.969. The highest BCUT2D eigenvalue weighted by Gasteiger charge is 2.09. The molecule has 2 N–H and O–H groups in total. The molecule has 7 heteroatoms. The molecule has 0 atom stereocenters. The van der Waals surface area contributed by atoms with Crippen LogP contribution in [0.25, 0.3) is 0 Å². The lowest BCUT2D eigenvalue weighted by molar-refractivity contribution is -0.114. The molecule has 0 unspecified atom stereocenters. The first-order valence-corrected chi connectivity index (χ1v) is 6.22. The average Bonchev–Trinajstić information content (AvgIpc) is 2.06. The predicted molar refractivity (Wildman–Crippen MR) is 59.2 cm³/mol. The molecule has 0 bridgehead atoms. The summed E-state index contributed by atoms with van der Waals surface area (Å²) < 4.78 is 37.0. The second-order valence-corrected chi connectivity index (χ2v) is 4.99. The number of rotatable bonds is 3. The van der Waals surface area contributed by atoms with Crippen molar-refractivity contribution in [2.75, 3.05) is 16.3 Å². The van der Waals surface area contributed by atoms with Crippen molar-refractivity contribution in [2.45, 2.75) is 6.92 Å². The smallest absolute Gasteiger partial charge is 0.229 e. The van der Waals surface area contributed by atoms with Crippen molar-refractivity contribution in [3.05, 3.63) is 24.0 Å². The van der Waals surface area contributed by atoms with Gasteiger partial charge in [0.25, 0.3) is 0 Å². The standard InChI is InChI=1S/C9H11FN2O3S/c1-6(13)11-8-4-3-7(10)5-9(8)12-16(2,14)15/h3-5,12H,1-2H3,(H,11,13). The number of anilines is 2. The van der Waals surface area contributed by atoms with E-state index >= 15 is 0 Å². The fourth-order valence-electron chi connectivity index (χ4n) is 1.10. The number of amides is 1. The Labute approximate surface area is 92.7 Å². The van der Waals surface area contributed by atoms with Gasteiger partial charge >= 0.3 is 0 Å². The molecule has 5 nitrogen and oxygen atoms in total. The molecule has 1 rings (SSSR count). The molecule has 0 aromatic heterocycles. The Kier molecular flexibility index (Phi) is 3.48. The van der Waals surface area contributed by atoms with Crippen LogP contribution in [0.5, 0.6) is 0 Å². The van der Waals surface area contributed by atoms with Crippen LogP contribution in [0, 0.1) is 5.82 Å². The number of benzene rings is 1. The normalized spacial score (nSPS) is 10.9. The van der Waals surface area contributed by atoms with Gasteiger partial charge in [-0.1, -0.05) is 0 Å². The van der Waals surface area contributed by atoms with E-state index in [4.69, 9.17) is 0 Å². The van der Waals surface area contributed by atoms with Gasteiger partial charge in [0.2, 0.25) is 15.9 Å². The lowest BCUT2D eigenvalue weighted by atomic mass is 10.2. The summed E-state index contributed by atoms with van der Waals surface area (Å²) >= 11 is 0. The van der Waals surface area contributed by atoms with E-state index in [1.165, 1.54) is 13.0 Å². The maximum Gasteiger partial charge on any atom is 0.229 e. The molecule has 0 aliphatic carbocycles. The maximum absolute atomic E-state index is 12.9. The highest BCUT2D eigenvalue weighted by molar-refractivity contribution is 7.92. The zero-order valence-electron chi connectivity index (χ0n) is 8.74. The minimum absolute atomic E-state index is 0.00213. The van der Waals surface area contributed by atoms with Crippen LogP contribution in [0.2, 0.25) is 0 Å². The quantitative estimate of drug-likeness (QED) is 0.840. The van der Waals surface area contributed by atoms with E-state index < -0.39 is 15.8 Å². The number of hydrogen-bond acceptors (Lipinski definition) is 3. The van der Waals surface area contributed by atoms with Gasteiger partial charge in [-0.2, -0.15) is 0 Å². The Balaban J connectivity index is 3.13. The molecule has 1 aromatic carbocycles. The van der Waals surface area contributed by atoms with Crippen molar-refractivity contribution >= 4 is 27.3 Å². The number of carbonyl (C=O) groups is 1. The van der Waals surface area contributed by atoms with Crippen LogP contribution in [0.1, 0.15) is 6.92 Å². The fourth-order valence-corrected chi connectivity index (χ4v) is 1.67. The topological polar surface area (TPSA) is 75.3 Å². The summed E-state index contributed by atoms with van der Waals surface area (Å²) in [7, 11) is -3.52. The molecule has 0 aliphatic rings. The van der Waals surface area contributed by atoms with E-state index in [0.717, 1.165) is 18.4 Å². The highest BCUT2D eigenvalue weighted by Crippen LogP contribution is 2.23. The van der Waals surface area contributed by atoms with Gasteiger partial charge in [-0.05, 0) is 12.1 Å². The number of nitrogens with one attached hydrogen (secondary N) is 2. The summed E-state index contributed by atoms with van der Waals surface area (Å²) in [6.45, 7) is 1.27. The molecule has 0 spiro atoms. The third-order valence-electron chi connectivity index (χ3n) is 1.59. The molecule has 1 aromatic rings. The number of hydrogen-bond donors (Lipinski definition) is 2. The molecule has 1 amide bonds. The van der Waals surface area contributed by atoms with Crippen LogP contribution in [0.3, 0.4) is 0 Å². The molecule has 16 heavy (non-hydrogen) atoms. The first kappa shape index (κ1) is 12.4. The van der Waals surface area contributed by atoms with E-state index in [1.54, 1.807) is 0 Å². The van der Waals surface area contributed by atoms with Crippen molar-refractivity contribution in [3.63, 3.8) is 0 Å². The Hall–Kier alpha value is -1.63. The zero-order chi connectivity index (χ0) is 12.3. The second-order valence-electron chi connectivity index (χ2n) is 3.25. The average molecular weight is 246 g/mol. The lowest BCUT2D eigenvalue weighted by Crippen LogP contribution is -2.14. The molecule has 0 fully saturated rings. The minimum Gasteiger partial charge on any atom is -0.325 e. The third kappa shape index (κ3) is 3.85. The van der Waals surface area contributed by atoms with Crippen LogP contribution in [-0.2, 0) is 14.8 Å². The van der Waals surface area contributed by atoms with Gasteiger partial charge in [-0.25, -0.2) is 12.8 Å². The molecule has 0 saturated heterocycles. The Morgan fingerprint density at radius 3 is 2.44 bits per heavy atom. The fraction of sp³-hybridized carbons (Fsp3) is 0.222. The summed E-state index contributed by atoms with van der Waals surface area (Å²) in [5.41, 5.74) is 0.206. The molecule has 88 valence electrons. The van der Waals surface area contributed by atoms with Gasteiger partial charge < -0.3 is 5.32 Å². The first-order valence-electron chi connectivity index (χ1n) is 4.33. The molecular weight excluding hydrogens is 235 g/mol. The molecule has 0 aliphatic heterocycles. The molecule has 0 heterocycles. The van der Waals surface area contributed by atoms with Crippen LogP contribution >= 0.6 is 0 Å². The van der Waals surface area contributed by atoms with Crippen molar-refractivity contribution in [1.82, 2.24) is 0 Å². The van der Waals surface area contributed by atoms with Crippen molar-refractivity contribution in [1.29, 1.82) is 0 Å². The van der Waals surface area contributed by atoms with Gasteiger partial charge in [-0.15, -0.1) is 0 Å². The summed E-state index contributed by atoms with van der Waals surface area (Å²) in [5, 5.41) is 2.39. The number of halogens is 1. The first-order chi connectivity index (χ1) is 7.28. The summed E-state index contributed by atoms with van der Waals surface area (Å²) in [6.07, 6.45) is 0.940. The molecule has 0 saturated carbocycles. The lowest BCUT2D eigenvalue weighted by Gasteiger charge is -2.10. The number of carbonyl (C=O) groups excluding carboxylic acids is 1. The van der Waals surface area contributed by atoms with E-state index in [2.05, 4.69) is 10.0 Å². The summed E-state index contributed by atoms with van der Waals surface area (Å²) in [4.78, 5) is 10.8. The number of sulfonamides is 1. The minimum atomic E-state index is -3.52. The Bertz CT molecular complexity index is 513. The van der Waals surface area contributed by atoms with Crippen molar-refractivity contribution < 1.29 is 17.6 Å². The SMILES string of the molecule is CC(=O)Nc1ccc(F)cc1NS(C)(=O)=O. The largest absolute Gasteiger partial charge is 0.325 e. The van der Waals surface area contributed by atoms with Gasteiger partial charge in [0.1, 0.15) is 5.82 Å². The predicted octanol–water partition coefficient (Wildman–Crippen LogP) is 1.16. The summed E-state index contributed by atoms with van der Waals surface area (Å²) in [6, 6.07) is 3.40.